The van der Waals surface area contributed by atoms with Crippen LogP contribution in [0.2, 0.25) is 0 Å². The first-order valence-corrected chi connectivity index (χ1v) is 9.51. The lowest BCUT2D eigenvalue weighted by atomic mass is 9.96. The predicted molar refractivity (Wildman–Crippen MR) is 101 cm³/mol. The predicted octanol–water partition coefficient (Wildman–Crippen LogP) is 2.86. The number of aromatic nitrogens is 3. The SMILES string of the molecule is CC(C)n1c(=O)c(C(=O)NC2CCCCCCC2)c(O)c2nn(C)cc21. The van der Waals surface area contributed by atoms with Crippen molar-refractivity contribution in [3.8, 4) is 5.75 Å². The summed E-state index contributed by atoms with van der Waals surface area (Å²) < 4.78 is 3.06. The van der Waals surface area contributed by atoms with E-state index >= 15 is 0 Å². The Kier molecular flexibility index (Phi) is 5.34. The van der Waals surface area contributed by atoms with E-state index in [9.17, 15) is 14.7 Å². The van der Waals surface area contributed by atoms with Crippen LogP contribution in [0.3, 0.4) is 0 Å². The van der Waals surface area contributed by atoms with Crippen LogP contribution < -0.4 is 10.9 Å². The third kappa shape index (κ3) is 3.48. The van der Waals surface area contributed by atoms with Crippen LogP contribution in [-0.2, 0) is 7.05 Å². The summed E-state index contributed by atoms with van der Waals surface area (Å²) in [5.41, 5.74) is 0.143. The Labute approximate surface area is 153 Å². The molecule has 1 amide bonds. The summed E-state index contributed by atoms with van der Waals surface area (Å²) in [7, 11) is 1.73. The van der Waals surface area contributed by atoms with Crippen molar-refractivity contribution in [1.29, 1.82) is 0 Å². The number of hydrogen-bond donors (Lipinski definition) is 2. The summed E-state index contributed by atoms with van der Waals surface area (Å²) >= 11 is 0. The van der Waals surface area contributed by atoms with Gasteiger partial charge in [0.2, 0.25) is 0 Å². The lowest BCUT2D eigenvalue weighted by Gasteiger charge is -2.21. The van der Waals surface area contributed by atoms with Crippen molar-refractivity contribution in [2.45, 2.75) is 70.9 Å². The Morgan fingerprint density at radius 3 is 2.46 bits per heavy atom. The summed E-state index contributed by atoms with van der Waals surface area (Å²) in [6.07, 6.45) is 9.27. The molecule has 0 saturated heterocycles. The van der Waals surface area contributed by atoms with Gasteiger partial charge < -0.3 is 15.0 Å². The molecule has 7 heteroatoms. The normalized spacial score (nSPS) is 16.6. The maximum absolute atomic E-state index is 13.0. The number of pyridine rings is 1. The van der Waals surface area contributed by atoms with Crippen molar-refractivity contribution in [3.05, 3.63) is 22.1 Å². The highest BCUT2D eigenvalue weighted by atomic mass is 16.3. The first kappa shape index (κ1) is 18.5. The fraction of sp³-hybridized carbons (Fsp3) is 0.632. The molecule has 142 valence electrons. The zero-order valence-corrected chi connectivity index (χ0v) is 15.8. The van der Waals surface area contributed by atoms with Crippen LogP contribution in [0.25, 0.3) is 11.0 Å². The van der Waals surface area contributed by atoms with Crippen LogP contribution in [0.15, 0.2) is 11.0 Å². The molecule has 2 heterocycles. The average molecular weight is 360 g/mol. The van der Waals surface area contributed by atoms with Crippen LogP contribution in [0.1, 0.15) is 75.2 Å². The van der Waals surface area contributed by atoms with Gasteiger partial charge in [0, 0.05) is 25.3 Å². The number of hydrogen-bond acceptors (Lipinski definition) is 4. The van der Waals surface area contributed by atoms with Gasteiger partial charge >= 0.3 is 0 Å². The van der Waals surface area contributed by atoms with Crippen molar-refractivity contribution < 1.29 is 9.90 Å². The number of aryl methyl sites for hydroxylation is 1. The first-order chi connectivity index (χ1) is 12.4. The number of amides is 1. The van der Waals surface area contributed by atoms with E-state index in [0.29, 0.717) is 5.52 Å². The van der Waals surface area contributed by atoms with Gasteiger partial charge in [0.1, 0.15) is 5.56 Å². The molecule has 0 aliphatic heterocycles. The highest BCUT2D eigenvalue weighted by molar-refractivity contribution is 6.01. The van der Waals surface area contributed by atoms with Crippen LogP contribution in [-0.4, -0.2) is 31.4 Å². The van der Waals surface area contributed by atoms with Crippen LogP contribution >= 0.6 is 0 Å². The molecule has 0 atom stereocenters. The number of carbonyl (C=O) groups is 1. The zero-order valence-electron chi connectivity index (χ0n) is 15.8. The minimum atomic E-state index is -0.500. The molecule has 0 unspecified atom stereocenters. The number of carbonyl (C=O) groups excluding carboxylic acids is 1. The van der Waals surface area contributed by atoms with E-state index in [1.807, 2.05) is 13.8 Å². The van der Waals surface area contributed by atoms with E-state index in [4.69, 9.17) is 0 Å². The van der Waals surface area contributed by atoms with Crippen molar-refractivity contribution in [1.82, 2.24) is 19.7 Å². The second kappa shape index (κ2) is 7.51. The third-order valence-corrected chi connectivity index (χ3v) is 5.15. The van der Waals surface area contributed by atoms with Gasteiger partial charge in [-0.3, -0.25) is 14.3 Å². The van der Waals surface area contributed by atoms with Gasteiger partial charge in [-0.25, -0.2) is 0 Å². The number of nitrogens with one attached hydrogen (secondary N) is 1. The molecule has 26 heavy (non-hydrogen) atoms. The fourth-order valence-electron chi connectivity index (χ4n) is 3.85. The minimum absolute atomic E-state index is 0.0496. The van der Waals surface area contributed by atoms with E-state index in [-0.39, 0.29) is 28.9 Å². The topological polar surface area (TPSA) is 89.2 Å². The average Bonchev–Trinajstić information content (AvgIpc) is 2.91. The largest absolute Gasteiger partial charge is 0.505 e. The molecule has 0 spiro atoms. The molecule has 2 N–H and O–H groups in total. The second-order valence-electron chi connectivity index (χ2n) is 7.54. The molecule has 1 aliphatic carbocycles. The van der Waals surface area contributed by atoms with Gasteiger partial charge in [0.05, 0.1) is 5.52 Å². The van der Waals surface area contributed by atoms with Crippen LogP contribution in [0.4, 0.5) is 0 Å². The smallest absolute Gasteiger partial charge is 0.268 e. The molecule has 2 aromatic rings. The summed E-state index contributed by atoms with van der Waals surface area (Å²) in [6.45, 7) is 3.75. The van der Waals surface area contributed by atoms with Crippen molar-refractivity contribution in [2.24, 2.45) is 7.05 Å². The van der Waals surface area contributed by atoms with E-state index in [1.54, 1.807) is 17.9 Å². The zero-order chi connectivity index (χ0) is 18.8. The van der Waals surface area contributed by atoms with E-state index in [0.717, 1.165) is 25.7 Å². The highest BCUT2D eigenvalue weighted by Crippen LogP contribution is 2.27. The van der Waals surface area contributed by atoms with Gasteiger partial charge in [0.25, 0.3) is 11.5 Å². The summed E-state index contributed by atoms with van der Waals surface area (Å²) in [5.74, 6) is -0.828. The molecule has 1 aliphatic rings. The molecular weight excluding hydrogens is 332 g/mol. The third-order valence-electron chi connectivity index (χ3n) is 5.15. The Bertz CT molecular complexity index is 858. The van der Waals surface area contributed by atoms with Gasteiger partial charge in [-0.2, -0.15) is 5.10 Å². The molecule has 1 fully saturated rings. The quantitative estimate of drug-likeness (QED) is 0.881. The maximum atomic E-state index is 13.0. The van der Waals surface area contributed by atoms with Gasteiger partial charge in [0.15, 0.2) is 11.3 Å². The van der Waals surface area contributed by atoms with Crippen molar-refractivity contribution >= 4 is 16.9 Å². The fourth-order valence-corrected chi connectivity index (χ4v) is 3.85. The second-order valence-corrected chi connectivity index (χ2v) is 7.54. The Hall–Kier alpha value is -2.31. The molecular formula is C19H28N4O3. The Morgan fingerprint density at radius 2 is 1.85 bits per heavy atom. The lowest BCUT2D eigenvalue weighted by Crippen LogP contribution is -2.39. The number of nitrogens with zero attached hydrogens (tertiary/aromatic N) is 3. The van der Waals surface area contributed by atoms with Crippen LogP contribution in [0.5, 0.6) is 5.75 Å². The molecule has 2 aromatic heterocycles. The van der Waals surface area contributed by atoms with Crippen molar-refractivity contribution in [2.75, 3.05) is 0 Å². The van der Waals surface area contributed by atoms with E-state index in [1.165, 1.54) is 23.8 Å². The molecule has 1 saturated carbocycles. The molecule has 0 bridgehead atoms. The monoisotopic (exact) mass is 360 g/mol. The number of rotatable bonds is 3. The summed E-state index contributed by atoms with van der Waals surface area (Å²) in [5, 5.41) is 17.8. The van der Waals surface area contributed by atoms with E-state index < -0.39 is 11.5 Å². The molecule has 7 nitrogen and oxygen atoms in total. The Balaban J connectivity index is 2.00. The molecule has 0 aromatic carbocycles. The standard InChI is InChI=1S/C19H28N4O3/c1-12(2)23-14-11-22(3)21-16(14)17(24)15(19(23)26)18(25)20-13-9-7-5-4-6-8-10-13/h11-13,24H,4-10H2,1-3H3,(H,20,25). The number of fused-ring (bicyclic) bond motifs is 1. The lowest BCUT2D eigenvalue weighted by molar-refractivity contribution is 0.0925. The first-order valence-electron chi connectivity index (χ1n) is 9.51. The van der Waals surface area contributed by atoms with Crippen molar-refractivity contribution in [3.63, 3.8) is 0 Å². The van der Waals surface area contributed by atoms with E-state index in [2.05, 4.69) is 10.4 Å². The summed E-state index contributed by atoms with van der Waals surface area (Å²) in [4.78, 5) is 25.8. The minimum Gasteiger partial charge on any atom is -0.505 e. The number of aromatic hydroxyl groups is 1. The van der Waals surface area contributed by atoms with Gasteiger partial charge in [-0.1, -0.05) is 32.1 Å². The van der Waals surface area contributed by atoms with Gasteiger partial charge in [-0.15, -0.1) is 0 Å². The van der Waals surface area contributed by atoms with Gasteiger partial charge in [-0.05, 0) is 26.7 Å². The Morgan fingerprint density at radius 1 is 1.23 bits per heavy atom. The van der Waals surface area contributed by atoms with Crippen LogP contribution in [0, 0.1) is 0 Å². The molecule has 0 radical (unpaired) electrons. The molecule has 3 rings (SSSR count). The summed E-state index contributed by atoms with van der Waals surface area (Å²) in [6, 6.07) is -0.101. The maximum Gasteiger partial charge on any atom is 0.268 e. The highest BCUT2D eigenvalue weighted by Gasteiger charge is 2.26.